The van der Waals surface area contributed by atoms with E-state index in [4.69, 9.17) is 11.6 Å². The maximum Gasteiger partial charge on any atom is 0.272 e. The van der Waals surface area contributed by atoms with E-state index in [-0.39, 0.29) is 29.5 Å². The maximum atomic E-state index is 12.8. The van der Waals surface area contributed by atoms with Crippen LogP contribution in [0.25, 0.3) is 0 Å². The molecule has 1 saturated carbocycles. The normalized spacial score (nSPS) is 14.8. The van der Waals surface area contributed by atoms with Crippen LogP contribution in [0.2, 0.25) is 5.02 Å². The molecule has 7 nitrogen and oxygen atoms in total. The standard InChI is InChI=1S/C20H26ClN5O2/c1-25(2)11-10-16(13-6-8-15(21)9-7-13)22-20(28)17-12-18(26(3)24-17)23-19(27)14-4-5-14/h6-9,12,14,16H,4-5,10-11H2,1-3H3,(H,22,28)(H,23,27). The predicted octanol–water partition coefficient (Wildman–Crippen LogP) is 2.84. The van der Waals surface area contributed by atoms with Crippen LogP contribution in [-0.4, -0.2) is 47.1 Å². The number of amides is 2. The quantitative estimate of drug-likeness (QED) is 0.710. The molecule has 1 heterocycles. The molecule has 2 amide bonds. The summed E-state index contributed by atoms with van der Waals surface area (Å²) in [5, 5.41) is 10.8. The van der Waals surface area contributed by atoms with E-state index in [9.17, 15) is 9.59 Å². The van der Waals surface area contributed by atoms with Gasteiger partial charge in [0.15, 0.2) is 5.69 Å². The third kappa shape index (κ3) is 5.33. The van der Waals surface area contributed by atoms with Crippen molar-refractivity contribution in [1.29, 1.82) is 0 Å². The molecule has 1 fully saturated rings. The fraction of sp³-hybridized carbons (Fsp3) is 0.450. The molecular formula is C20H26ClN5O2. The highest BCUT2D eigenvalue weighted by Gasteiger charge is 2.30. The van der Waals surface area contributed by atoms with Gasteiger partial charge in [0.2, 0.25) is 5.91 Å². The smallest absolute Gasteiger partial charge is 0.272 e. The van der Waals surface area contributed by atoms with E-state index in [1.807, 2.05) is 38.4 Å². The van der Waals surface area contributed by atoms with Gasteiger partial charge in [0.05, 0.1) is 6.04 Å². The number of hydrogen-bond donors (Lipinski definition) is 2. The molecule has 1 aromatic heterocycles. The predicted molar refractivity (Wildman–Crippen MR) is 109 cm³/mol. The highest BCUT2D eigenvalue weighted by molar-refractivity contribution is 6.30. The van der Waals surface area contributed by atoms with E-state index in [2.05, 4.69) is 20.6 Å². The number of halogens is 1. The molecule has 1 aliphatic rings. The zero-order chi connectivity index (χ0) is 20.3. The number of carbonyl (C=O) groups is 2. The van der Waals surface area contributed by atoms with Gasteiger partial charge in [-0.3, -0.25) is 14.3 Å². The van der Waals surface area contributed by atoms with Gasteiger partial charge in [-0.05, 0) is 57.6 Å². The SMILES string of the molecule is CN(C)CCC(NC(=O)c1cc(NC(=O)C2CC2)n(C)n1)c1ccc(Cl)cc1. The van der Waals surface area contributed by atoms with Crippen molar-refractivity contribution in [2.24, 2.45) is 13.0 Å². The van der Waals surface area contributed by atoms with Crippen molar-refractivity contribution in [3.63, 3.8) is 0 Å². The van der Waals surface area contributed by atoms with Crippen molar-refractivity contribution in [1.82, 2.24) is 20.0 Å². The molecule has 3 rings (SSSR count). The Morgan fingerprint density at radius 3 is 2.57 bits per heavy atom. The molecule has 28 heavy (non-hydrogen) atoms. The van der Waals surface area contributed by atoms with E-state index < -0.39 is 0 Å². The van der Waals surface area contributed by atoms with Crippen molar-refractivity contribution in [3.05, 3.63) is 46.6 Å². The molecule has 0 saturated heterocycles. The summed E-state index contributed by atoms with van der Waals surface area (Å²) in [5.41, 5.74) is 1.26. The Hall–Kier alpha value is -2.38. The Bertz CT molecular complexity index is 843. The summed E-state index contributed by atoms with van der Waals surface area (Å²) in [6.07, 6.45) is 2.59. The van der Waals surface area contributed by atoms with Crippen LogP contribution in [0.1, 0.15) is 41.4 Å². The summed E-state index contributed by atoms with van der Waals surface area (Å²) in [4.78, 5) is 26.8. The van der Waals surface area contributed by atoms with Crippen molar-refractivity contribution >= 4 is 29.2 Å². The molecule has 150 valence electrons. The Balaban J connectivity index is 1.71. The first-order valence-electron chi connectivity index (χ1n) is 9.39. The number of anilines is 1. The number of nitrogens with zero attached hydrogens (tertiary/aromatic N) is 3. The van der Waals surface area contributed by atoms with Gasteiger partial charge in [-0.25, -0.2) is 0 Å². The van der Waals surface area contributed by atoms with Gasteiger partial charge in [-0.2, -0.15) is 5.10 Å². The fourth-order valence-electron chi connectivity index (χ4n) is 2.91. The maximum absolute atomic E-state index is 12.8. The van der Waals surface area contributed by atoms with Crippen molar-refractivity contribution in [2.75, 3.05) is 26.0 Å². The molecule has 8 heteroatoms. The van der Waals surface area contributed by atoms with Crippen LogP contribution < -0.4 is 10.6 Å². The Morgan fingerprint density at radius 1 is 1.29 bits per heavy atom. The second-order valence-corrected chi connectivity index (χ2v) is 7.91. The minimum absolute atomic E-state index is 0.0139. The monoisotopic (exact) mass is 403 g/mol. The van der Waals surface area contributed by atoms with Crippen LogP contribution in [0.5, 0.6) is 0 Å². The molecule has 1 unspecified atom stereocenters. The highest BCUT2D eigenvalue weighted by Crippen LogP contribution is 2.30. The minimum Gasteiger partial charge on any atom is -0.344 e. The van der Waals surface area contributed by atoms with E-state index in [0.29, 0.717) is 10.8 Å². The molecule has 0 bridgehead atoms. The van der Waals surface area contributed by atoms with Crippen LogP contribution in [0.4, 0.5) is 5.82 Å². The second-order valence-electron chi connectivity index (χ2n) is 7.47. The largest absolute Gasteiger partial charge is 0.344 e. The molecule has 2 N–H and O–H groups in total. The van der Waals surface area contributed by atoms with Crippen molar-refractivity contribution in [3.8, 4) is 0 Å². The lowest BCUT2D eigenvalue weighted by Crippen LogP contribution is -2.31. The van der Waals surface area contributed by atoms with Crippen LogP contribution in [0.15, 0.2) is 30.3 Å². The summed E-state index contributed by atoms with van der Waals surface area (Å²) in [6, 6.07) is 8.92. The minimum atomic E-state index is -0.277. The average Bonchev–Trinajstić information content (AvgIpc) is 3.44. The number of aromatic nitrogens is 2. The fourth-order valence-corrected chi connectivity index (χ4v) is 3.03. The first-order valence-corrected chi connectivity index (χ1v) is 9.77. The van der Waals surface area contributed by atoms with Gasteiger partial charge in [-0.1, -0.05) is 23.7 Å². The first kappa shape index (κ1) is 20.4. The third-order valence-corrected chi connectivity index (χ3v) is 5.01. The summed E-state index contributed by atoms with van der Waals surface area (Å²) >= 11 is 5.99. The Labute approximate surface area is 170 Å². The van der Waals surface area contributed by atoms with Gasteiger partial charge in [0, 0.05) is 24.1 Å². The second kappa shape index (κ2) is 8.75. The van der Waals surface area contributed by atoms with Crippen LogP contribution in [-0.2, 0) is 11.8 Å². The summed E-state index contributed by atoms with van der Waals surface area (Å²) in [6.45, 7) is 0.818. The number of carbonyl (C=O) groups excluding carboxylic acids is 2. The molecule has 1 aliphatic carbocycles. The Kier molecular flexibility index (Phi) is 6.36. The van der Waals surface area contributed by atoms with E-state index >= 15 is 0 Å². The highest BCUT2D eigenvalue weighted by atomic mass is 35.5. The lowest BCUT2D eigenvalue weighted by atomic mass is 10.0. The van der Waals surface area contributed by atoms with Gasteiger partial charge >= 0.3 is 0 Å². The van der Waals surface area contributed by atoms with Crippen LogP contribution >= 0.6 is 11.6 Å². The molecule has 1 aromatic carbocycles. The third-order valence-electron chi connectivity index (χ3n) is 4.75. The summed E-state index contributed by atoms with van der Waals surface area (Å²) in [7, 11) is 5.70. The van der Waals surface area contributed by atoms with E-state index in [1.165, 1.54) is 4.68 Å². The van der Waals surface area contributed by atoms with Gasteiger partial charge in [0.25, 0.3) is 5.91 Å². The summed E-state index contributed by atoms with van der Waals surface area (Å²) in [5.74, 6) is 0.326. The molecule has 0 spiro atoms. The lowest BCUT2D eigenvalue weighted by molar-refractivity contribution is -0.117. The van der Waals surface area contributed by atoms with Crippen molar-refractivity contribution < 1.29 is 9.59 Å². The molecule has 2 aromatic rings. The van der Waals surface area contributed by atoms with Gasteiger partial charge < -0.3 is 15.5 Å². The number of hydrogen-bond acceptors (Lipinski definition) is 4. The number of benzene rings is 1. The van der Waals surface area contributed by atoms with E-state index in [1.54, 1.807) is 13.1 Å². The van der Waals surface area contributed by atoms with E-state index in [0.717, 1.165) is 31.4 Å². The zero-order valence-corrected chi connectivity index (χ0v) is 17.2. The molecule has 0 aliphatic heterocycles. The lowest BCUT2D eigenvalue weighted by Gasteiger charge is -2.21. The number of nitrogens with one attached hydrogen (secondary N) is 2. The van der Waals surface area contributed by atoms with Gasteiger partial charge in [0.1, 0.15) is 5.82 Å². The summed E-state index contributed by atoms with van der Waals surface area (Å²) < 4.78 is 1.52. The van der Waals surface area contributed by atoms with Gasteiger partial charge in [-0.15, -0.1) is 0 Å². The molecule has 0 radical (unpaired) electrons. The van der Waals surface area contributed by atoms with Crippen molar-refractivity contribution in [2.45, 2.75) is 25.3 Å². The van der Waals surface area contributed by atoms with Crippen LogP contribution in [0.3, 0.4) is 0 Å². The average molecular weight is 404 g/mol. The topological polar surface area (TPSA) is 79.3 Å². The Morgan fingerprint density at radius 2 is 1.96 bits per heavy atom. The molecule has 1 atom stereocenters. The zero-order valence-electron chi connectivity index (χ0n) is 16.4. The molecular weight excluding hydrogens is 378 g/mol. The van der Waals surface area contributed by atoms with Crippen LogP contribution in [0, 0.1) is 5.92 Å². The first-order chi connectivity index (χ1) is 13.3. The number of rotatable bonds is 8. The number of aryl methyl sites for hydroxylation is 1.